The summed E-state index contributed by atoms with van der Waals surface area (Å²) in [6.45, 7) is 1.88. The number of nitrogens with zero attached hydrogens (tertiary/aromatic N) is 2. The number of piperidine rings is 1. The van der Waals surface area contributed by atoms with Gasteiger partial charge in [0, 0.05) is 29.9 Å². The van der Waals surface area contributed by atoms with Crippen molar-refractivity contribution in [2.45, 2.75) is 19.3 Å². The molecule has 0 radical (unpaired) electrons. The Morgan fingerprint density at radius 2 is 1.71 bits per heavy atom. The Hall–Kier alpha value is -3.67. The van der Waals surface area contributed by atoms with Crippen LogP contribution in [-0.4, -0.2) is 24.0 Å². The van der Waals surface area contributed by atoms with Crippen LogP contribution >= 0.6 is 0 Å². The van der Waals surface area contributed by atoms with Crippen LogP contribution in [0.15, 0.2) is 59.1 Å². The van der Waals surface area contributed by atoms with Gasteiger partial charge in [0.2, 0.25) is 0 Å². The molecule has 0 spiro atoms. The van der Waals surface area contributed by atoms with E-state index in [4.69, 9.17) is 4.52 Å². The molecule has 0 unspecified atom stereocenters. The SMILES string of the molecule is O=C1c2ccccc2-c2onc3c(N4CCCCC4)cc(Nc4ccc(F)cc4)c1c23. The number of carbonyl (C=O) groups is 1. The summed E-state index contributed by atoms with van der Waals surface area (Å²) in [6, 6.07) is 15.6. The Kier molecular flexibility index (Phi) is 4.06. The molecule has 31 heavy (non-hydrogen) atoms. The molecule has 2 aliphatic rings. The lowest BCUT2D eigenvalue weighted by atomic mass is 9.86. The van der Waals surface area contributed by atoms with E-state index in [1.54, 1.807) is 12.1 Å². The molecule has 6 heteroatoms. The van der Waals surface area contributed by atoms with Gasteiger partial charge < -0.3 is 14.7 Å². The third-order valence-corrected chi connectivity index (χ3v) is 6.20. The van der Waals surface area contributed by atoms with Gasteiger partial charge >= 0.3 is 0 Å². The second-order valence-corrected chi connectivity index (χ2v) is 8.11. The molecule has 2 heterocycles. The van der Waals surface area contributed by atoms with Gasteiger partial charge in [0.25, 0.3) is 0 Å². The van der Waals surface area contributed by atoms with Crippen LogP contribution in [0.5, 0.6) is 0 Å². The summed E-state index contributed by atoms with van der Waals surface area (Å²) in [7, 11) is 0. The van der Waals surface area contributed by atoms with E-state index in [9.17, 15) is 9.18 Å². The van der Waals surface area contributed by atoms with Crippen LogP contribution in [-0.2, 0) is 0 Å². The van der Waals surface area contributed by atoms with E-state index in [1.165, 1.54) is 18.6 Å². The predicted octanol–water partition coefficient (Wildman–Crippen LogP) is 5.91. The quantitative estimate of drug-likeness (QED) is 0.398. The lowest BCUT2D eigenvalue weighted by molar-refractivity contribution is 0.104. The third kappa shape index (κ3) is 2.82. The number of hydrogen-bond donors (Lipinski definition) is 1. The predicted molar refractivity (Wildman–Crippen MR) is 119 cm³/mol. The molecule has 1 aromatic heterocycles. The summed E-state index contributed by atoms with van der Waals surface area (Å²) in [4.78, 5) is 15.9. The first kappa shape index (κ1) is 18.1. The van der Waals surface area contributed by atoms with Crippen molar-refractivity contribution in [2.24, 2.45) is 0 Å². The van der Waals surface area contributed by atoms with Crippen molar-refractivity contribution in [3.05, 3.63) is 71.5 Å². The molecular formula is C25H20FN3O2. The van der Waals surface area contributed by atoms with E-state index >= 15 is 0 Å². The zero-order valence-corrected chi connectivity index (χ0v) is 16.8. The van der Waals surface area contributed by atoms with Crippen LogP contribution in [0.25, 0.3) is 22.2 Å². The topological polar surface area (TPSA) is 58.4 Å². The molecule has 6 rings (SSSR count). The second kappa shape index (κ2) is 6.94. The summed E-state index contributed by atoms with van der Waals surface area (Å²) >= 11 is 0. The van der Waals surface area contributed by atoms with Gasteiger partial charge in [-0.05, 0) is 49.6 Å². The summed E-state index contributed by atoms with van der Waals surface area (Å²) in [6.07, 6.45) is 3.46. The lowest BCUT2D eigenvalue weighted by Crippen LogP contribution is -2.29. The number of hydrogen-bond acceptors (Lipinski definition) is 5. The number of fused-ring (bicyclic) bond motifs is 2. The van der Waals surface area contributed by atoms with Crippen LogP contribution in [0.1, 0.15) is 35.2 Å². The maximum atomic E-state index is 13.6. The van der Waals surface area contributed by atoms with E-state index in [2.05, 4.69) is 15.4 Å². The van der Waals surface area contributed by atoms with Gasteiger partial charge in [-0.15, -0.1) is 0 Å². The molecule has 154 valence electrons. The molecule has 0 saturated carbocycles. The maximum absolute atomic E-state index is 13.6. The fraction of sp³-hybridized carbons (Fsp3) is 0.200. The van der Waals surface area contributed by atoms with Crippen LogP contribution in [0.4, 0.5) is 21.5 Å². The van der Waals surface area contributed by atoms with E-state index in [-0.39, 0.29) is 11.6 Å². The first-order valence-electron chi connectivity index (χ1n) is 10.6. The van der Waals surface area contributed by atoms with Crippen molar-refractivity contribution >= 4 is 33.7 Å². The Bertz CT molecular complexity index is 1320. The molecule has 1 fully saturated rings. The van der Waals surface area contributed by atoms with Crippen LogP contribution in [0.2, 0.25) is 0 Å². The number of nitrogens with one attached hydrogen (secondary N) is 1. The van der Waals surface area contributed by atoms with Crippen molar-refractivity contribution in [3.8, 4) is 11.3 Å². The van der Waals surface area contributed by atoms with Crippen molar-refractivity contribution in [3.63, 3.8) is 0 Å². The Balaban J connectivity index is 1.61. The fourth-order valence-electron chi connectivity index (χ4n) is 4.71. The van der Waals surface area contributed by atoms with E-state index in [1.807, 2.05) is 30.3 Å². The smallest absolute Gasteiger partial charge is 0.196 e. The number of halogens is 1. The van der Waals surface area contributed by atoms with Crippen LogP contribution in [0.3, 0.4) is 0 Å². The van der Waals surface area contributed by atoms with E-state index in [0.717, 1.165) is 48.1 Å². The van der Waals surface area contributed by atoms with Crippen LogP contribution in [0, 0.1) is 5.82 Å². The number of benzene rings is 3. The van der Waals surface area contributed by atoms with Gasteiger partial charge in [-0.25, -0.2) is 4.39 Å². The monoisotopic (exact) mass is 413 g/mol. The minimum Gasteiger partial charge on any atom is -0.370 e. The van der Waals surface area contributed by atoms with Gasteiger partial charge in [0.1, 0.15) is 11.3 Å². The Morgan fingerprint density at radius 3 is 2.48 bits per heavy atom. The van der Waals surface area contributed by atoms with E-state index in [0.29, 0.717) is 28.3 Å². The molecular weight excluding hydrogens is 393 g/mol. The average molecular weight is 413 g/mol. The molecule has 0 amide bonds. The minimum atomic E-state index is -0.303. The molecule has 1 saturated heterocycles. The standard InChI is InChI=1S/C25H20FN3O2/c26-15-8-10-16(11-9-15)27-19-14-20(29-12-4-1-5-13-29)23-22-21(19)24(30)17-6-2-3-7-18(17)25(22)31-28-23/h2-3,6-11,14,27H,1,4-5,12-13H2. The van der Waals surface area contributed by atoms with Gasteiger partial charge in [-0.3, -0.25) is 4.79 Å². The average Bonchev–Trinajstić information content (AvgIpc) is 3.25. The highest BCUT2D eigenvalue weighted by Crippen LogP contribution is 2.46. The Labute approximate surface area is 178 Å². The van der Waals surface area contributed by atoms with Crippen molar-refractivity contribution < 1.29 is 13.7 Å². The third-order valence-electron chi connectivity index (χ3n) is 6.20. The fourth-order valence-corrected chi connectivity index (χ4v) is 4.71. The highest BCUT2D eigenvalue weighted by molar-refractivity contribution is 6.28. The minimum absolute atomic E-state index is 0.0638. The maximum Gasteiger partial charge on any atom is 0.196 e. The second-order valence-electron chi connectivity index (χ2n) is 8.11. The van der Waals surface area contributed by atoms with Crippen LogP contribution < -0.4 is 10.2 Å². The highest BCUT2D eigenvalue weighted by atomic mass is 19.1. The molecule has 4 aromatic rings. The summed E-state index contributed by atoms with van der Waals surface area (Å²) in [5, 5.41) is 8.51. The molecule has 3 aromatic carbocycles. The summed E-state index contributed by atoms with van der Waals surface area (Å²) in [5.74, 6) is 0.259. The van der Waals surface area contributed by atoms with Gasteiger partial charge in [-0.1, -0.05) is 29.4 Å². The van der Waals surface area contributed by atoms with Crippen molar-refractivity contribution in [1.82, 2.24) is 5.16 Å². The molecule has 1 aliphatic carbocycles. The zero-order valence-electron chi connectivity index (χ0n) is 16.8. The first-order valence-corrected chi connectivity index (χ1v) is 10.6. The highest BCUT2D eigenvalue weighted by Gasteiger charge is 2.33. The molecule has 0 atom stereocenters. The Morgan fingerprint density at radius 1 is 0.968 bits per heavy atom. The van der Waals surface area contributed by atoms with E-state index < -0.39 is 0 Å². The zero-order chi connectivity index (χ0) is 20.9. The number of ketones is 1. The lowest BCUT2D eigenvalue weighted by Gasteiger charge is -2.30. The van der Waals surface area contributed by atoms with Gasteiger partial charge in [-0.2, -0.15) is 0 Å². The number of anilines is 3. The number of carbonyl (C=O) groups excluding carboxylic acids is 1. The molecule has 1 N–H and O–H groups in total. The van der Waals surface area contributed by atoms with Gasteiger partial charge in [0.15, 0.2) is 11.5 Å². The summed E-state index contributed by atoms with van der Waals surface area (Å²) in [5.41, 5.74) is 5.00. The molecule has 5 nitrogen and oxygen atoms in total. The largest absolute Gasteiger partial charge is 0.370 e. The first-order chi connectivity index (χ1) is 15.2. The summed E-state index contributed by atoms with van der Waals surface area (Å²) < 4.78 is 19.2. The normalized spacial score (nSPS) is 15.3. The number of aromatic nitrogens is 1. The van der Waals surface area contributed by atoms with Crippen molar-refractivity contribution in [1.29, 1.82) is 0 Å². The molecule has 1 aliphatic heterocycles. The molecule has 0 bridgehead atoms. The van der Waals surface area contributed by atoms with Gasteiger partial charge in [0.05, 0.1) is 22.3 Å². The van der Waals surface area contributed by atoms with Crippen molar-refractivity contribution in [2.75, 3.05) is 23.3 Å². The number of rotatable bonds is 3.